The molecule has 0 fully saturated rings. The molecule has 0 aliphatic heterocycles. The lowest BCUT2D eigenvalue weighted by Gasteiger charge is -2.15. The zero-order valence-electron chi connectivity index (χ0n) is 14.2. The highest BCUT2D eigenvalue weighted by atomic mass is 19.4. The number of nitrogens with two attached hydrogens (primary N) is 1. The van der Waals surface area contributed by atoms with E-state index in [2.05, 4.69) is 10.3 Å². The summed E-state index contributed by atoms with van der Waals surface area (Å²) in [4.78, 5) is 4.17. The second-order valence-corrected chi connectivity index (χ2v) is 5.56. The summed E-state index contributed by atoms with van der Waals surface area (Å²) < 4.78 is 43.4. The zero-order chi connectivity index (χ0) is 18.0. The Morgan fingerprint density at radius 3 is 2.79 bits per heavy atom. The van der Waals surface area contributed by atoms with Crippen LogP contribution in [0.15, 0.2) is 29.3 Å². The monoisotopic (exact) mass is 345 g/mol. The molecule has 1 atom stereocenters. The van der Waals surface area contributed by atoms with Crippen LogP contribution in [0.1, 0.15) is 43.7 Å². The molecule has 1 rings (SSSR count). The number of guanidine groups is 1. The third-order valence-electron chi connectivity index (χ3n) is 3.60. The van der Waals surface area contributed by atoms with Crippen LogP contribution >= 0.6 is 0 Å². The lowest BCUT2D eigenvalue weighted by Crippen LogP contribution is -2.33. The summed E-state index contributed by atoms with van der Waals surface area (Å²) in [6.45, 7) is 6.31. The third-order valence-corrected chi connectivity index (χ3v) is 3.60. The molecule has 136 valence electrons. The van der Waals surface area contributed by atoms with E-state index in [1.54, 1.807) is 6.07 Å². The SMILES string of the molecule is CCOCCCN=C(N)NCCC(C)c1cccc(C(F)(F)F)c1. The summed E-state index contributed by atoms with van der Waals surface area (Å²) >= 11 is 0. The normalized spacial score (nSPS) is 13.8. The van der Waals surface area contributed by atoms with Gasteiger partial charge in [0, 0.05) is 26.3 Å². The van der Waals surface area contributed by atoms with E-state index in [9.17, 15) is 13.2 Å². The number of rotatable bonds is 9. The predicted molar refractivity (Wildman–Crippen MR) is 90.1 cm³/mol. The number of alkyl halides is 3. The molecule has 24 heavy (non-hydrogen) atoms. The molecule has 0 saturated carbocycles. The Hall–Kier alpha value is -1.76. The van der Waals surface area contributed by atoms with Crippen molar-refractivity contribution >= 4 is 5.96 Å². The van der Waals surface area contributed by atoms with E-state index < -0.39 is 11.7 Å². The van der Waals surface area contributed by atoms with E-state index in [4.69, 9.17) is 10.5 Å². The molecule has 7 heteroatoms. The maximum Gasteiger partial charge on any atom is 0.416 e. The van der Waals surface area contributed by atoms with E-state index in [0.29, 0.717) is 44.2 Å². The van der Waals surface area contributed by atoms with Crippen LogP contribution in [0.3, 0.4) is 0 Å². The fourth-order valence-electron chi connectivity index (χ4n) is 2.17. The smallest absolute Gasteiger partial charge is 0.382 e. The van der Waals surface area contributed by atoms with Gasteiger partial charge in [0.25, 0.3) is 0 Å². The van der Waals surface area contributed by atoms with Crippen molar-refractivity contribution < 1.29 is 17.9 Å². The number of nitrogens with zero attached hydrogens (tertiary/aromatic N) is 1. The highest BCUT2D eigenvalue weighted by molar-refractivity contribution is 5.77. The first-order valence-electron chi connectivity index (χ1n) is 8.13. The van der Waals surface area contributed by atoms with Crippen molar-refractivity contribution in [3.8, 4) is 0 Å². The Balaban J connectivity index is 2.38. The first-order chi connectivity index (χ1) is 11.3. The van der Waals surface area contributed by atoms with Gasteiger partial charge >= 0.3 is 6.18 Å². The van der Waals surface area contributed by atoms with Crippen LogP contribution in [0.5, 0.6) is 0 Å². The van der Waals surface area contributed by atoms with Gasteiger partial charge in [-0.2, -0.15) is 13.2 Å². The van der Waals surface area contributed by atoms with Gasteiger partial charge in [0.1, 0.15) is 0 Å². The first kappa shape index (κ1) is 20.3. The summed E-state index contributed by atoms with van der Waals surface area (Å²) in [5.74, 6) is 0.341. The molecule has 0 aliphatic rings. The maximum atomic E-state index is 12.7. The van der Waals surface area contributed by atoms with Crippen molar-refractivity contribution in [1.29, 1.82) is 0 Å². The van der Waals surface area contributed by atoms with E-state index in [-0.39, 0.29) is 5.92 Å². The fraction of sp³-hybridized carbons (Fsp3) is 0.588. The molecule has 0 heterocycles. The Kier molecular flexibility index (Phi) is 8.60. The molecule has 3 N–H and O–H groups in total. The van der Waals surface area contributed by atoms with Gasteiger partial charge in [-0.05, 0) is 37.3 Å². The van der Waals surface area contributed by atoms with E-state index in [0.717, 1.165) is 12.5 Å². The first-order valence-corrected chi connectivity index (χ1v) is 8.13. The quantitative estimate of drug-likeness (QED) is 0.409. The van der Waals surface area contributed by atoms with Gasteiger partial charge in [0.05, 0.1) is 5.56 Å². The molecule has 1 aromatic carbocycles. The number of halogens is 3. The highest BCUT2D eigenvalue weighted by Gasteiger charge is 2.30. The second-order valence-electron chi connectivity index (χ2n) is 5.56. The molecule has 0 radical (unpaired) electrons. The average molecular weight is 345 g/mol. The summed E-state index contributed by atoms with van der Waals surface area (Å²) in [6.07, 6.45) is -2.85. The number of aliphatic imine (C=N–C) groups is 1. The largest absolute Gasteiger partial charge is 0.416 e. The molecule has 0 bridgehead atoms. The van der Waals surface area contributed by atoms with Gasteiger partial charge in [0.15, 0.2) is 5.96 Å². The summed E-state index contributed by atoms with van der Waals surface area (Å²) in [5, 5.41) is 2.98. The van der Waals surface area contributed by atoms with Gasteiger partial charge in [-0.25, -0.2) is 0 Å². The summed E-state index contributed by atoms with van der Waals surface area (Å²) in [6, 6.07) is 5.44. The number of benzene rings is 1. The van der Waals surface area contributed by atoms with Crippen LogP contribution in [0.25, 0.3) is 0 Å². The second kappa shape index (κ2) is 10.2. The van der Waals surface area contributed by atoms with Crippen LogP contribution in [0, 0.1) is 0 Å². The molecular weight excluding hydrogens is 319 g/mol. The van der Waals surface area contributed by atoms with E-state index in [1.165, 1.54) is 12.1 Å². The van der Waals surface area contributed by atoms with Crippen LogP contribution in [-0.2, 0) is 10.9 Å². The van der Waals surface area contributed by atoms with Crippen LogP contribution < -0.4 is 11.1 Å². The highest BCUT2D eigenvalue weighted by Crippen LogP contribution is 2.31. The van der Waals surface area contributed by atoms with Gasteiger partial charge in [-0.3, -0.25) is 4.99 Å². The van der Waals surface area contributed by atoms with Crippen molar-refractivity contribution in [2.24, 2.45) is 10.7 Å². The van der Waals surface area contributed by atoms with Gasteiger partial charge in [0.2, 0.25) is 0 Å². The van der Waals surface area contributed by atoms with Crippen LogP contribution in [0.4, 0.5) is 13.2 Å². The number of hydrogen-bond donors (Lipinski definition) is 2. The van der Waals surface area contributed by atoms with Crippen molar-refractivity contribution in [3.63, 3.8) is 0 Å². The molecule has 0 aliphatic carbocycles. The van der Waals surface area contributed by atoms with Gasteiger partial charge in [-0.1, -0.05) is 25.1 Å². The van der Waals surface area contributed by atoms with Crippen molar-refractivity contribution in [1.82, 2.24) is 5.32 Å². The van der Waals surface area contributed by atoms with Gasteiger partial charge in [-0.15, -0.1) is 0 Å². The Bertz CT molecular complexity index is 518. The fourth-order valence-corrected chi connectivity index (χ4v) is 2.17. The number of hydrogen-bond acceptors (Lipinski definition) is 2. The lowest BCUT2D eigenvalue weighted by molar-refractivity contribution is -0.137. The van der Waals surface area contributed by atoms with Crippen LogP contribution in [-0.4, -0.2) is 32.3 Å². The molecule has 1 unspecified atom stereocenters. The van der Waals surface area contributed by atoms with Crippen molar-refractivity contribution in [2.75, 3.05) is 26.3 Å². The summed E-state index contributed by atoms with van der Waals surface area (Å²) in [5.41, 5.74) is 5.79. The zero-order valence-corrected chi connectivity index (χ0v) is 14.2. The van der Waals surface area contributed by atoms with Gasteiger partial charge < -0.3 is 15.8 Å². The molecule has 4 nitrogen and oxygen atoms in total. The van der Waals surface area contributed by atoms with Crippen molar-refractivity contribution in [2.45, 2.75) is 38.8 Å². The molecular formula is C17H26F3N3O. The standard InChI is InChI=1S/C17H26F3N3O/c1-3-24-11-5-9-22-16(21)23-10-8-13(2)14-6-4-7-15(12-14)17(18,19)20/h4,6-7,12-13H,3,5,8-11H2,1-2H3,(H3,21,22,23). The van der Waals surface area contributed by atoms with Crippen LogP contribution in [0.2, 0.25) is 0 Å². The lowest BCUT2D eigenvalue weighted by atomic mass is 9.96. The van der Waals surface area contributed by atoms with Crippen molar-refractivity contribution in [3.05, 3.63) is 35.4 Å². The molecule has 1 aromatic rings. The molecule has 0 spiro atoms. The van der Waals surface area contributed by atoms with E-state index >= 15 is 0 Å². The topological polar surface area (TPSA) is 59.6 Å². The third kappa shape index (κ3) is 7.68. The molecule has 0 aromatic heterocycles. The minimum atomic E-state index is -4.31. The predicted octanol–water partition coefficient (Wildman–Crippen LogP) is 3.53. The summed E-state index contributed by atoms with van der Waals surface area (Å²) in [7, 11) is 0. The Morgan fingerprint density at radius 1 is 1.38 bits per heavy atom. The number of nitrogens with one attached hydrogen (secondary N) is 1. The minimum Gasteiger partial charge on any atom is -0.382 e. The Labute approximate surface area is 141 Å². The molecule has 0 amide bonds. The maximum absolute atomic E-state index is 12.7. The van der Waals surface area contributed by atoms with E-state index in [1.807, 2.05) is 13.8 Å². The minimum absolute atomic E-state index is 0.00875. The Morgan fingerprint density at radius 2 is 2.12 bits per heavy atom. The average Bonchev–Trinajstić information content (AvgIpc) is 2.54. The number of ether oxygens (including phenoxy) is 1. The molecule has 0 saturated heterocycles.